The second-order valence-electron chi connectivity index (χ2n) is 4.73. The van der Waals surface area contributed by atoms with Crippen LogP contribution in [-0.4, -0.2) is 30.1 Å². The van der Waals surface area contributed by atoms with Crippen LogP contribution in [0.3, 0.4) is 0 Å². The number of ether oxygens (including phenoxy) is 1. The van der Waals surface area contributed by atoms with Gasteiger partial charge in [-0.05, 0) is 37.1 Å². The molecule has 0 aromatic heterocycles. The normalized spacial score (nSPS) is 20.2. The molecule has 1 amide bonds. The fourth-order valence-electron chi connectivity index (χ4n) is 1.89. The molecule has 1 fully saturated rings. The summed E-state index contributed by atoms with van der Waals surface area (Å²) in [6.07, 6.45) is 1.03. The zero-order valence-corrected chi connectivity index (χ0v) is 10.8. The van der Waals surface area contributed by atoms with Crippen molar-refractivity contribution >= 4 is 11.9 Å². The number of halogens is 1. The molecule has 0 radical (unpaired) electrons. The zero-order chi connectivity index (χ0) is 14.5. The molecule has 0 aliphatic heterocycles. The number of carbonyl (C=O) groups excluding carboxylic acids is 1. The van der Waals surface area contributed by atoms with Crippen molar-refractivity contribution in [3.8, 4) is 5.75 Å². The van der Waals surface area contributed by atoms with E-state index in [0.717, 1.165) is 0 Å². The molecule has 0 bridgehead atoms. The molecule has 1 aliphatic carbocycles. The highest BCUT2D eigenvalue weighted by Crippen LogP contribution is 2.38. The number of carbonyl (C=O) groups is 2. The molecule has 1 aliphatic rings. The predicted octanol–water partition coefficient (Wildman–Crippen LogP) is 1.43. The van der Waals surface area contributed by atoms with E-state index in [4.69, 9.17) is 9.84 Å². The van der Waals surface area contributed by atoms with Crippen LogP contribution >= 0.6 is 0 Å². The first-order chi connectivity index (χ1) is 9.58. The Morgan fingerprint density at radius 2 is 2.00 bits per heavy atom. The number of carboxylic acids is 1. The summed E-state index contributed by atoms with van der Waals surface area (Å²) in [7, 11) is 0. The van der Waals surface area contributed by atoms with Gasteiger partial charge in [-0.15, -0.1) is 0 Å². The van der Waals surface area contributed by atoms with E-state index in [1.807, 2.05) is 0 Å². The second kappa shape index (κ2) is 6.36. The summed E-state index contributed by atoms with van der Waals surface area (Å²) in [5.74, 6) is -1.77. The van der Waals surface area contributed by atoms with Gasteiger partial charge in [-0.3, -0.25) is 9.59 Å². The van der Waals surface area contributed by atoms with Crippen LogP contribution < -0.4 is 10.1 Å². The Morgan fingerprint density at radius 3 is 2.60 bits per heavy atom. The largest absolute Gasteiger partial charge is 0.494 e. The first kappa shape index (κ1) is 14.3. The van der Waals surface area contributed by atoms with Crippen LogP contribution in [0, 0.1) is 17.7 Å². The third kappa shape index (κ3) is 3.94. The average Bonchev–Trinajstić information content (AvgIpc) is 3.21. The fraction of sp³-hybridized carbons (Fsp3) is 0.429. The summed E-state index contributed by atoms with van der Waals surface area (Å²) in [5, 5.41) is 11.4. The van der Waals surface area contributed by atoms with Crippen LogP contribution in [0.2, 0.25) is 0 Å². The van der Waals surface area contributed by atoms with Crippen LogP contribution in [0.4, 0.5) is 4.39 Å². The lowest BCUT2D eigenvalue weighted by Crippen LogP contribution is -2.28. The van der Waals surface area contributed by atoms with Gasteiger partial charge in [0.15, 0.2) is 0 Å². The van der Waals surface area contributed by atoms with Gasteiger partial charge in [0.1, 0.15) is 11.6 Å². The number of amides is 1. The van der Waals surface area contributed by atoms with Crippen LogP contribution in [0.5, 0.6) is 5.75 Å². The maximum absolute atomic E-state index is 12.6. The van der Waals surface area contributed by atoms with E-state index in [0.29, 0.717) is 31.7 Å². The summed E-state index contributed by atoms with van der Waals surface area (Å²) in [4.78, 5) is 22.1. The minimum Gasteiger partial charge on any atom is -0.494 e. The van der Waals surface area contributed by atoms with Crippen LogP contribution in [0.25, 0.3) is 0 Å². The van der Waals surface area contributed by atoms with E-state index in [-0.39, 0.29) is 17.6 Å². The highest BCUT2D eigenvalue weighted by Gasteiger charge is 2.48. The van der Waals surface area contributed by atoms with Gasteiger partial charge in [-0.25, -0.2) is 4.39 Å². The standard InChI is InChI=1S/C14H16FNO4/c15-9-2-4-10(5-3-9)20-7-1-6-16-13(17)11-8-12(11)14(18)19/h2-5,11-12H,1,6-8H2,(H,16,17)(H,18,19)/t11-,12+/m1/s1. The Balaban J connectivity index is 1.57. The molecule has 0 unspecified atom stereocenters. The van der Waals surface area contributed by atoms with Gasteiger partial charge >= 0.3 is 5.97 Å². The lowest BCUT2D eigenvalue weighted by atomic mass is 10.3. The Hall–Kier alpha value is -2.11. The van der Waals surface area contributed by atoms with Crippen molar-refractivity contribution in [2.75, 3.05) is 13.2 Å². The third-order valence-corrected chi connectivity index (χ3v) is 3.15. The molecular weight excluding hydrogens is 265 g/mol. The molecule has 108 valence electrons. The molecule has 1 aromatic carbocycles. The van der Waals surface area contributed by atoms with E-state index in [1.54, 1.807) is 0 Å². The summed E-state index contributed by atoms with van der Waals surface area (Å²) in [6.45, 7) is 0.835. The first-order valence-electron chi connectivity index (χ1n) is 6.47. The number of benzene rings is 1. The van der Waals surface area contributed by atoms with E-state index in [9.17, 15) is 14.0 Å². The predicted molar refractivity (Wildman–Crippen MR) is 68.8 cm³/mol. The smallest absolute Gasteiger partial charge is 0.307 e. The molecule has 5 nitrogen and oxygen atoms in total. The molecule has 1 saturated carbocycles. The van der Waals surface area contributed by atoms with Crippen molar-refractivity contribution in [2.45, 2.75) is 12.8 Å². The fourth-order valence-corrected chi connectivity index (χ4v) is 1.89. The number of aliphatic carboxylic acids is 1. The van der Waals surface area contributed by atoms with Gasteiger partial charge in [-0.2, -0.15) is 0 Å². The zero-order valence-electron chi connectivity index (χ0n) is 10.8. The Bertz CT molecular complexity index is 488. The van der Waals surface area contributed by atoms with Crippen molar-refractivity contribution in [3.05, 3.63) is 30.1 Å². The highest BCUT2D eigenvalue weighted by atomic mass is 19.1. The first-order valence-corrected chi connectivity index (χ1v) is 6.47. The molecule has 2 atom stereocenters. The summed E-state index contributed by atoms with van der Waals surface area (Å²) in [5.41, 5.74) is 0. The van der Waals surface area contributed by atoms with Crippen molar-refractivity contribution in [1.82, 2.24) is 5.32 Å². The maximum Gasteiger partial charge on any atom is 0.307 e. The van der Waals surface area contributed by atoms with E-state index >= 15 is 0 Å². The monoisotopic (exact) mass is 281 g/mol. The van der Waals surface area contributed by atoms with Gasteiger partial charge in [0.25, 0.3) is 0 Å². The molecule has 1 aromatic rings. The molecule has 0 spiro atoms. The lowest BCUT2D eigenvalue weighted by Gasteiger charge is -2.07. The van der Waals surface area contributed by atoms with Crippen molar-refractivity contribution in [3.63, 3.8) is 0 Å². The molecule has 20 heavy (non-hydrogen) atoms. The topological polar surface area (TPSA) is 75.6 Å². The maximum atomic E-state index is 12.6. The number of rotatable bonds is 7. The summed E-state index contributed by atoms with van der Waals surface area (Å²) in [6, 6.07) is 5.71. The van der Waals surface area contributed by atoms with Crippen molar-refractivity contribution in [1.29, 1.82) is 0 Å². The minimum absolute atomic E-state index is 0.209. The van der Waals surface area contributed by atoms with E-state index in [1.165, 1.54) is 24.3 Å². The van der Waals surface area contributed by atoms with Crippen LogP contribution in [-0.2, 0) is 9.59 Å². The molecule has 0 saturated heterocycles. The molecule has 6 heteroatoms. The Kier molecular flexibility index (Phi) is 4.55. The lowest BCUT2D eigenvalue weighted by molar-refractivity contribution is -0.140. The van der Waals surface area contributed by atoms with Gasteiger partial charge in [0.2, 0.25) is 5.91 Å². The third-order valence-electron chi connectivity index (χ3n) is 3.15. The minimum atomic E-state index is -0.912. The summed E-state index contributed by atoms with van der Waals surface area (Å²) >= 11 is 0. The van der Waals surface area contributed by atoms with Gasteiger partial charge in [0.05, 0.1) is 18.4 Å². The summed E-state index contributed by atoms with van der Waals surface area (Å²) < 4.78 is 18.0. The Morgan fingerprint density at radius 1 is 1.30 bits per heavy atom. The van der Waals surface area contributed by atoms with Gasteiger partial charge < -0.3 is 15.2 Å². The van der Waals surface area contributed by atoms with Gasteiger partial charge in [-0.1, -0.05) is 0 Å². The van der Waals surface area contributed by atoms with E-state index < -0.39 is 11.9 Å². The number of hydrogen-bond donors (Lipinski definition) is 2. The SMILES string of the molecule is O=C(O)[C@H]1C[C@H]1C(=O)NCCCOc1ccc(F)cc1. The number of carboxylic acid groups (broad SMARTS) is 1. The van der Waals surface area contributed by atoms with Crippen molar-refractivity contribution in [2.24, 2.45) is 11.8 Å². The quantitative estimate of drug-likeness (QED) is 0.741. The highest BCUT2D eigenvalue weighted by molar-refractivity contribution is 5.89. The Labute approximate surface area is 115 Å². The molecule has 0 heterocycles. The number of nitrogens with one attached hydrogen (secondary N) is 1. The average molecular weight is 281 g/mol. The van der Waals surface area contributed by atoms with Crippen molar-refractivity contribution < 1.29 is 23.8 Å². The van der Waals surface area contributed by atoms with Crippen LogP contribution in [0.1, 0.15) is 12.8 Å². The molecule has 2 rings (SSSR count). The molecule has 2 N–H and O–H groups in total. The van der Waals surface area contributed by atoms with Gasteiger partial charge in [0, 0.05) is 6.54 Å². The van der Waals surface area contributed by atoms with E-state index in [2.05, 4.69) is 5.32 Å². The number of hydrogen-bond acceptors (Lipinski definition) is 3. The second-order valence-corrected chi connectivity index (χ2v) is 4.73. The molecular formula is C14H16FNO4. The van der Waals surface area contributed by atoms with Crippen LogP contribution in [0.15, 0.2) is 24.3 Å².